The van der Waals surface area contributed by atoms with Crippen molar-refractivity contribution in [2.45, 2.75) is 12.6 Å². The second-order valence-corrected chi connectivity index (χ2v) is 3.91. The molecule has 3 rings (SSSR count). The lowest BCUT2D eigenvalue weighted by molar-refractivity contribution is 0.0683. The molecule has 1 aliphatic heterocycles. The van der Waals surface area contributed by atoms with Crippen LogP contribution in [0.25, 0.3) is 0 Å². The van der Waals surface area contributed by atoms with Crippen LogP contribution in [0.15, 0.2) is 29.0 Å². The van der Waals surface area contributed by atoms with Crippen molar-refractivity contribution >= 4 is 5.97 Å². The van der Waals surface area contributed by atoms with Crippen molar-refractivity contribution in [2.75, 3.05) is 6.54 Å². The summed E-state index contributed by atoms with van der Waals surface area (Å²) in [6.07, 6.45) is 1.51. The molecule has 1 atom stereocenters. The molecule has 0 aliphatic carbocycles. The van der Waals surface area contributed by atoms with Crippen LogP contribution < -0.4 is 5.32 Å². The van der Waals surface area contributed by atoms with Crippen LogP contribution in [0.1, 0.15) is 27.9 Å². The highest BCUT2D eigenvalue weighted by Crippen LogP contribution is 2.25. The van der Waals surface area contributed by atoms with E-state index < -0.39 is 5.97 Å². The number of nitrogens with one attached hydrogen (secondary N) is 1. The summed E-state index contributed by atoms with van der Waals surface area (Å²) >= 11 is 0. The number of hydrogen-bond donors (Lipinski definition) is 2. The van der Waals surface area contributed by atoms with Gasteiger partial charge in [-0.05, 0) is 12.1 Å². The number of rotatable bonds is 2. The minimum atomic E-state index is -0.906. The van der Waals surface area contributed by atoms with Gasteiger partial charge in [0.2, 0.25) is 0 Å². The highest BCUT2D eigenvalue weighted by atomic mass is 16.5. The largest absolute Gasteiger partial charge is 0.477 e. The first kappa shape index (κ1) is 10.1. The highest BCUT2D eigenvalue weighted by molar-refractivity contribution is 5.86. The Bertz CT molecular complexity index is 544. The molecule has 88 valence electrons. The molecule has 6 nitrogen and oxygen atoms in total. The Morgan fingerprint density at radius 1 is 1.53 bits per heavy atom. The van der Waals surface area contributed by atoms with E-state index in [0.29, 0.717) is 18.8 Å². The molecule has 2 N–H and O–H groups in total. The van der Waals surface area contributed by atoms with Crippen molar-refractivity contribution in [1.29, 1.82) is 0 Å². The Hall–Kier alpha value is -2.08. The number of nitrogens with zero attached hydrogens (tertiary/aromatic N) is 2. The number of aromatic carboxylic acids is 1. The Labute approximate surface area is 96.8 Å². The molecular formula is C11H11N3O3. The van der Waals surface area contributed by atoms with Crippen LogP contribution >= 0.6 is 0 Å². The Morgan fingerprint density at radius 2 is 2.41 bits per heavy atom. The van der Waals surface area contributed by atoms with Gasteiger partial charge in [-0.2, -0.15) is 0 Å². The number of carbonyl (C=O) groups is 1. The maximum atomic E-state index is 11.1. The number of hydrogen-bond acceptors (Lipinski definition) is 4. The van der Waals surface area contributed by atoms with Crippen molar-refractivity contribution in [1.82, 2.24) is 15.0 Å². The number of carboxylic acid groups (broad SMARTS) is 1. The quantitative estimate of drug-likeness (QED) is 0.804. The standard InChI is InChI=1S/C11H11N3O3/c15-11(16)9-2-1-8-10(7-3-6-17-13-7)12-4-5-14(8)9/h1-3,6,10,12H,4-5H2,(H,15,16). The van der Waals surface area contributed by atoms with E-state index >= 15 is 0 Å². The summed E-state index contributed by atoms with van der Waals surface area (Å²) in [5.41, 5.74) is 1.98. The van der Waals surface area contributed by atoms with Crippen molar-refractivity contribution in [2.24, 2.45) is 0 Å². The molecule has 0 fully saturated rings. The van der Waals surface area contributed by atoms with Gasteiger partial charge < -0.3 is 19.5 Å². The molecular weight excluding hydrogens is 222 g/mol. The lowest BCUT2D eigenvalue weighted by atomic mass is 10.1. The monoisotopic (exact) mass is 233 g/mol. The molecule has 0 spiro atoms. The van der Waals surface area contributed by atoms with Crippen molar-refractivity contribution in [3.8, 4) is 0 Å². The van der Waals surface area contributed by atoms with Crippen LogP contribution in [0.3, 0.4) is 0 Å². The highest BCUT2D eigenvalue weighted by Gasteiger charge is 2.26. The van der Waals surface area contributed by atoms with Gasteiger partial charge in [0, 0.05) is 24.8 Å². The zero-order chi connectivity index (χ0) is 11.8. The average molecular weight is 233 g/mol. The van der Waals surface area contributed by atoms with Crippen LogP contribution in [0.4, 0.5) is 0 Å². The summed E-state index contributed by atoms with van der Waals surface area (Å²) in [4.78, 5) is 11.1. The molecule has 0 aromatic carbocycles. The Kier molecular flexibility index (Phi) is 2.22. The molecule has 2 aromatic rings. The third-order valence-corrected chi connectivity index (χ3v) is 2.97. The first-order valence-corrected chi connectivity index (χ1v) is 5.34. The van der Waals surface area contributed by atoms with E-state index in [9.17, 15) is 4.79 Å². The molecule has 0 bridgehead atoms. The molecule has 2 aromatic heterocycles. The predicted octanol–water partition coefficient (Wildman–Crippen LogP) is 0.867. The molecule has 0 amide bonds. The number of aromatic nitrogens is 2. The summed E-state index contributed by atoms with van der Waals surface area (Å²) < 4.78 is 6.63. The summed E-state index contributed by atoms with van der Waals surface area (Å²) in [5.74, 6) is -0.906. The van der Waals surface area contributed by atoms with Crippen LogP contribution in [-0.4, -0.2) is 27.3 Å². The summed E-state index contributed by atoms with van der Waals surface area (Å²) in [6.45, 7) is 1.36. The van der Waals surface area contributed by atoms with E-state index in [4.69, 9.17) is 9.63 Å². The third-order valence-electron chi connectivity index (χ3n) is 2.97. The van der Waals surface area contributed by atoms with E-state index in [2.05, 4.69) is 10.5 Å². The van der Waals surface area contributed by atoms with Gasteiger partial charge in [-0.1, -0.05) is 5.16 Å². The summed E-state index contributed by atoms with van der Waals surface area (Å²) in [6, 6.07) is 5.11. The smallest absolute Gasteiger partial charge is 0.352 e. The van der Waals surface area contributed by atoms with Crippen LogP contribution in [-0.2, 0) is 6.54 Å². The molecule has 0 radical (unpaired) electrons. The second kappa shape index (κ2) is 3.74. The van der Waals surface area contributed by atoms with E-state index in [0.717, 1.165) is 11.4 Å². The molecule has 3 heterocycles. The van der Waals surface area contributed by atoms with Crippen molar-refractivity contribution in [3.63, 3.8) is 0 Å². The fourth-order valence-corrected chi connectivity index (χ4v) is 2.22. The number of carboxylic acids is 1. The van der Waals surface area contributed by atoms with Crippen molar-refractivity contribution in [3.05, 3.63) is 41.5 Å². The normalized spacial score (nSPS) is 18.9. The van der Waals surface area contributed by atoms with Crippen molar-refractivity contribution < 1.29 is 14.4 Å². The maximum absolute atomic E-state index is 11.1. The maximum Gasteiger partial charge on any atom is 0.352 e. The SMILES string of the molecule is O=C(O)c1ccc2n1CCNC2c1ccon1. The van der Waals surface area contributed by atoms with Gasteiger partial charge in [0.05, 0.1) is 6.04 Å². The lowest BCUT2D eigenvalue weighted by Gasteiger charge is -2.25. The molecule has 0 saturated heterocycles. The molecule has 6 heteroatoms. The molecule has 17 heavy (non-hydrogen) atoms. The fourth-order valence-electron chi connectivity index (χ4n) is 2.22. The van der Waals surface area contributed by atoms with Crippen LogP contribution in [0.2, 0.25) is 0 Å². The van der Waals surface area contributed by atoms with E-state index in [1.807, 2.05) is 6.07 Å². The second-order valence-electron chi connectivity index (χ2n) is 3.91. The number of fused-ring (bicyclic) bond motifs is 1. The fraction of sp³-hybridized carbons (Fsp3) is 0.273. The zero-order valence-corrected chi connectivity index (χ0v) is 8.96. The Balaban J connectivity index is 2.06. The molecule has 1 unspecified atom stereocenters. The van der Waals surface area contributed by atoms with Gasteiger partial charge in [0.1, 0.15) is 17.7 Å². The van der Waals surface area contributed by atoms with Gasteiger partial charge in [0.15, 0.2) is 0 Å². The molecule has 0 saturated carbocycles. The van der Waals surface area contributed by atoms with E-state index in [-0.39, 0.29) is 6.04 Å². The van der Waals surface area contributed by atoms with Crippen LogP contribution in [0.5, 0.6) is 0 Å². The predicted molar refractivity (Wildman–Crippen MR) is 57.7 cm³/mol. The van der Waals surface area contributed by atoms with Crippen LogP contribution in [0, 0.1) is 0 Å². The minimum Gasteiger partial charge on any atom is -0.477 e. The van der Waals surface area contributed by atoms with Gasteiger partial charge in [-0.25, -0.2) is 4.79 Å². The van der Waals surface area contributed by atoms with Gasteiger partial charge >= 0.3 is 5.97 Å². The van der Waals surface area contributed by atoms with Gasteiger partial charge in [0.25, 0.3) is 0 Å². The Morgan fingerprint density at radius 3 is 3.12 bits per heavy atom. The molecule has 1 aliphatic rings. The topological polar surface area (TPSA) is 80.3 Å². The van der Waals surface area contributed by atoms with Gasteiger partial charge in [-0.15, -0.1) is 0 Å². The van der Waals surface area contributed by atoms with E-state index in [1.165, 1.54) is 6.26 Å². The third kappa shape index (κ3) is 1.53. The summed E-state index contributed by atoms with van der Waals surface area (Å²) in [7, 11) is 0. The lowest BCUT2D eigenvalue weighted by Crippen LogP contribution is -2.35. The van der Waals surface area contributed by atoms with E-state index in [1.54, 1.807) is 16.7 Å². The first-order valence-electron chi connectivity index (χ1n) is 5.34. The first-order chi connectivity index (χ1) is 8.27. The summed E-state index contributed by atoms with van der Waals surface area (Å²) in [5, 5.41) is 16.3. The van der Waals surface area contributed by atoms with Gasteiger partial charge in [-0.3, -0.25) is 0 Å². The minimum absolute atomic E-state index is 0.101. The average Bonchev–Trinajstić information content (AvgIpc) is 2.97. The zero-order valence-electron chi connectivity index (χ0n) is 8.96.